The average Bonchev–Trinajstić information content (AvgIpc) is 2.44. The fourth-order valence-electron chi connectivity index (χ4n) is 2.38. The molecule has 2 rings (SSSR count). The van der Waals surface area contributed by atoms with Crippen molar-refractivity contribution in [2.24, 2.45) is 0 Å². The van der Waals surface area contributed by atoms with Gasteiger partial charge in [-0.25, -0.2) is 0 Å². The number of methoxy groups -OCH3 is 1. The summed E-state index contributed by atoms with van der Waals surface area (Å²) in [7, 11) is 1.67. The standard InChI is InChI=1S/C15H22N2O2S/c1-11-9-17(10-12(2)19-11)15(20)16-8-13-4-6-14(18-3)7-5-13/h4-7,11-12H,8-10H2,1-3H3,(H,16,20). The maximum Gasteiger partial charge on any atom is 0.169 e. The molecule has 0 aliphatic carbocycles. The van der Waals surface area contributed by atoms with Gasteiger partial charge in [0.1, 0.15) is 5.75 Å². The molecule has 2 unspecified atom stereocenters. The zero-order valence-electron chi connectivity index (χ0n) is 12.3. The molecule has 1 N–H and O–H groups in total. The van der Waals surface area contributed by atoms with E-state index < -0.39 is 0 Å². The minimum atomic E-state index is 0.222. The molecule has 1 aliphatic rings. The Morgan fingerprint density at radius 1 is 1.30 bits per heavy atom. The first kappa shape index (κ1) is 15.1. The van der Waals surface area contributed by atoms with Crippen LogP contribution in [0.4, 0.5) is 0 Å². The number of benzene rings is 1. The Morgan fingerprint density at radius 3 is 2.45 bits per heavy atom. The highest BCUT2D eigenvalue weighted by atomic mass is 32.1. The van der Waals surface area contributed by atoms with E-state index in [0.29, 0.717) is 0 Å². The fourth-order valence-corrected chi connectivity index (χ4v) is 2.60. The quantitative estimate of drug-likeness (QED) is 0.864. The van der Waals surface area contributed by atoms with Gasteiger partial charge < -0.3 is 19.7 Å². The second-order valence-electron chi connectivity index (χ2n) is 5.17. The van der Waals surface area contributed by atoms with Crippen LogP contribution >= 0.6 is 12.2 Å². The van der Waals surface area contributed by atoms with Gasteiger partial charge in [-0.1, -0.05) is 12.1 Å². The molecule has 110 valence electrons. The van der Waals surface area contributed by atoms with Crippen molar-refractivity contribution in [1.82, 2.24) is 10.2 Å². The van der Waals surface area contributed by atoms with Gasteiger partial charge in [0.25, 0.3) is 0 Å². The largest absolute Gasteiger partial charge is 0.497 e. The molecule has 1 aliphatic heterocycles. The van der Waals surface area contributed by atoms with Crippen LogP contribution in [0, 0.1) is 0 Å². The molecule has 4 nitrogen and oxygen atoms in total. The van der Waals surface area contributed by atoms with E-state index in [2.05, 4.69) is 24.1 Å². The highest BCUT2D eigenvalue weighted by Gasteiger charge is 2.23. The molecule has 0 aromatic heterocycles. The third kappa shape index (κ3) is 4.08. The van der Waals surface area contributed by atoms with Crippen molar-refractivity contribution in [2.45, 2.75) is 32.6 Å². The van der Waals surface area contributed by atoms with E-state index in [1.807, 2.05) is 24.3 Å². The summed E-state index contributed by atoms with van der Waals surface area (Å²) in [6.07, 6.45) is 0.443. The summed E-state index contributed by atoms with van der Waals surface area (Å²) >= 11 is 5.46. The van der Waals surface area contributed by atoms with Gasteiger partial charge in [0.05, 0.1) is 19.3 Å². The van der Waals surface area contributed by atoms with Crippen LogP contribution in [0.25, 0.3) is 0 Å². The molecule has 20 heavy (non-hydrogen) atoms. The molecule has 1 fully saturated rings. The SMILES string of the molecule is COc1ccc(CNC(=S)N2CC(C)OC(C)C2)cc1. The van der Waals surface area contributed by atoms with Gasteiger partial charge in [-0.3, -0.25) is 0 Å². The van der Waals surface area contributed by atoms with E-state index in [-0.39, 0.29) is 12.2 Å². The Hall–Kier alpha value is -1.33. The number of nitrogens with zero attached hydrogens (tertiary/aromatic N) is 1. The van der Waals surface area contributed by atoms with E-state index in [0.717, 1.165) is 30.5 Å². The van der Waals surface area contributed by atoms with E-state index in [4.69, 9.17) is 21.7 Å². The predicted octanol–water partition coefficient (Wildman–Crippen LogP) is 2.18. The van der Waals surface area contributed by atoms with Gasteiger partial charge in [-0.2, -0.15) is 0 Å². The Kier molecular flexibility index (Phi) is 5.20. The van der Waals surface area contributed by atoms with Crippen LogP contribution in [0.5, 0.6) is 5.75 Å². The number of ether oxygens (including phenoxy) is 2. The maximum absolute atomic E-state index is 5.71. The number of hydrogen-bond acceptors (Lipinski definition) is 3. The number of hydrogen-bond donors (Lipinski definition) is 1. The van der Waals surface area contributed by atoms with Crippen molar-refractivity contribution in [3.63, 3.8) is 0 Å². The lowest BCUT2D eigenvalue weighted by Crippen LogP contribution is -2.51. The summed E-state index contributed by atoms with van der Waals surface area (Å²) in [5.41, 5.74) is 1.18. The van der Waals surface area contributed by atoms with E-state index in [1.54, 1.807) is 7.11 Å². The first-order valence-corrected chi connectivity index (χ1v) is 7.30. The molecule has 1 aromatic rings. The Balaban J connectivity index is 1.84. The summed E-state index contributed by atoms with van der Waals surface area (Å²) in [5, 5.41) is 4.10. The van der Waals surface area contributed by atoms with E-state index >= 15 is 0 Å². The molecule has 1 aromatic carbocycles. The smallest absolute Gasteiger partial charge is 0.169 e. The molecule has 1 saturated heterocycles. The Bertz CT molecular complexity index is 440. The number of nitrogens with one attached hydrogen (secondary N) is 1. The molecule has 0 spiro atoms. The van der Waals surface area contributed by atoms with Crippen LogP contribution in [-0.4, -0.2) is 42.4 Å². The predicted molar refractivity (Wildman–Crippen MR) is 84.0 cm³/mol. The first-order chi connectivity index (χ1) is 9.58. The van der Waals surface area contributed by atoms with Crippen molar-refractivity contribution in [2.75, 3.05) is 20.2 Å². The number of thiocarbonyl (C=S) groups is 1. The van der Waals surface area contributed by atoms with Crippen molar-refractivity contribution in [1.29, 1.82) is 0 Å². The summed E-state index contributed by atoms with van der Waals surface area (Å²) in [6.45, 7) is 6.57. The van der Waals surface area contributed by atoms with Crippen LogP contribution in [0.1, 0.15) is 19.4 Å². The van der Waals surface area contributed by atoms with Crippen LogP contribution in [-0.2, 0) is 11.3 Å². The van der Waals surface area contributed by atoms with Crippen LogP contribution in [0.15, 0.2) is 24.3 Å². The second kappa shape index (κ2) is 6.90. The summed E-state index contributed by atoms with van der Waals surface area (Å²) in [5.74, 6) is 0.868. The number of morpholine rings is 1. The molecule has 0 bridgehead atoms. The van der Waals surface area contributed by atoms with Gasteiger partial charge in [0, 0.05) is 19.6 Å². The van der Waals surface area contributed by atoms with Crippen molar-refractivity contribution in [3.8, 4) is 5.75 Å². The summed E-state index contributed by atoms with van der Waals surface area (Å²) in [4.78, 5) is 2.18. The normalized spacial score (nSPS) is 22.4. The van der Waals surface area contributed by atoms with Gasteiger partial charge in [-0.15, -0.1) is 0 Å². The van der Waals surface area contributed by atoms with Crippen LogP contribution in [0.2, 0.25) is 0 Å². The highest BCUT2D eigenvalue weighted by Crippen LogP contribution is 2.13. The van der Waals surface area contributed by atoms with E-state index in [1.165, 1.54) is 5.56 Å². The lowest BCUT2D eigenvalue weighted by Gasteiger charge is -2.36. The molecule has 0 amide bonds. The maximum atomic E-state index is 5.71. The fraction of sp³-hybridized carbons (Fsp3) is 0.533. The summed E-state index contributed by atoms with van der Waals surface area (Å²) < 4.78 is 10.9. The second-order valence-corrected chi connectivity index (χ2v) is 5.56. The van der Waals surface area contributed by atoms with Crippen LogP contribution < -0.4 is 10.1 Å². The molecule has 5 heteroatoms. The van der Waals surface area contributed by atoms with Gasteiger partial charge >= 0.3 is 0 Å². The van der Waals surface area contributed by atoms with Crippen molar-refractivity contribution >= 4 is 17.3 Å². The van der Waals surface area contributed by atoms with Crippen molar-refractivity contribution in [3.05, 3.63) is 29.8 Å². The highest BCUT2D eigenvalue weighted by molar-refractivity contribution is 7.80. The Labute approximate surface area is 126 Å². The summed E-state index contributed by atoms with van der Waals surface area (Å²) in [6, 6.07) is 8.00. The van der Waals surface area contributed by atoms with Gasteiger partial charge in [-0.05, 0) is 43.8 Å². The van der Waals surface area contributed by atoms with E-state index in [9.17, 15) is 0 Å². The lowest BCUT2D eigenvalue weighted by molar-refractivity contribution is -0.0482. The molecular formula is C15H22N2O2S. The molecular weight excluding hydrogens is 272 g/mol. The third-order valence-corrected chi connectivity index (χ3v) is 3.71. The van der Waals surface area contributed by atoms with Gasteiger partial charge in [0.2, 0.25) is 0 Å². The molecule has 1 heterocycles. The zero-order chi connectivity index (χ0) is 14.5. The molecule has 0 saturated carbocycles. The minimum absolute atomic E-state index is 0.222. The lowest BCUT2D eigenvalue weighted by atomic mass is 10.2. The Morgan fingerprint density at radius 2 is 1.90 bits per heavy atom. The number of rotatable bonds is 3. The third-order valence-electron chi connectivity index (χ3n) is 3.31. The zero-order valence-corrected chi connectivity index (χ0v) is 13.1. The molecule has 2 atom stereocenters. The van der Waals surface area contributed by atoms with Crippen LogP contribution in [0.3, 0.4) is 0 Å². The minimum Gasteiger partial charge on any atom is -0.497 e. The van der Waals surface area contributed by atoms with Gasteiger partial charge in [0.15, 0.2) is 5.11 Å². The topological polar surface area (TPSA) is 33.7 Å². The van der Waals surface area contributed by atoms with Crippen molar-refractivity contribution < 1.29 is 9.47 Å². The first-order valence-electron chi connectivity index (χ1n) is 6.89. The molecule has 0 radical (unpaired) electrons. The monoisotopic (exact) mass is 294 g/mol. The average molecular weight is 294 g/mol.